The van der Waals surface area contributed by atoms with Crippen LogP contribution in [0.2, 0.25) is 0 Å². The quantitative estimate of drug-likeness (QED) is 0.767. The third-order valence-electron chi connectivity index (χ3n) is 2.19. The van der Waals surface area contributed by atoms with Crippen LogP contribution in [0.15, 0.2) is 17.5 Å². The van der Waals surface area contributed by atoms with E-state index in [0.717, 1.165) is 11.4 Å². The molecule has 15 heavy (non-hydrogen) atoms. The lowest BCUT2D eigenvalue weighted by Crippen LogP contribution is -2.38. The first-order chi connectivity index (χ1) is 7.16. The minimum atomic E-state index is -0.521. The summed E-state index contributed by atoms with van der Waals surface area (Å²) in [5.41, 5.74) is 5.85. The molecule has 0 aliphatic heterocycles. The van der Waals surface area contributed by atoms with Crippen molar-refractivity contribution in [1.29, 1.82) is 0 Å². The molecule has 1 unspecified atom stereocenters. The number of carbonyl (C=O) groups excluding carboxylic acids is 1. The number of amides is 1. The van der Waals surface area contributed by atoms with Gasteiger partial charge in [-0.3, -0.25) is 4.79 Å². The van der Waals surface area contributed by atoms with Gasteiger partial charge in [0.25, 0.3) is 0 Å². The van der Waals surface area contributed by atoms with E-state index < -0.39 is 6.04 Å². The molecule has 84 valence electrons. The molecule has 0 aromatic carbocycles. The van der Waals surface area contributed by atoms with Gasteiger partial charge in [0.15, 0.2) is 0 Å². The molecule has 0 saturated carbocycles. The molecule has 4 nitrogen and oxygen atoms in total. The van der Waals surface area contributed by atoms with Gasteiger partial charge in [-0.05, 0) is 18.5 Å². The fourth-order valence-corrected chi connectivity index (χ4v) is 1.94. The molecule has 3 N–H and O–H groups in total. The number of thiophene rings is 1. The summed E-state index contributed by atoms with van der Waals surface area (Å²) in [6, 6.07) is 3.27. The van der Waals surface area contributed by atoms with Crippen LogP contribution >= 0.6 is 11.3 Å². The number of hydrogen-bond acceptors (Lipinski definition) is 4. The molecule has 1 amide bonds. The van der Waals surface area contributed by atoms with Crippen LogP contribution in [-0.2, 0) is 4.79 Å². The Balaban J connectivity index is 2.52. The van der Waals surface area contributed by atoms with Gasteiger partial charge >= 0.3 is 0 Å². The van der Waals surface area contributed by atoms with Gasteiger partial charge in [-0.25, -0.2) is 0 Å². The number of nitrogens with zero attached hydrogens (tertiary/aromatic N) is 1. The predicted molar refractivity (Wildman–Crippen MR) is 62.8 cm³/mol. The van der Waals surface area contributed by atoms with Gasteiger partial charge in [0.2, 0.25) is 5.91 Å². The molecule has 0 fully saturated rings. The van der Waals surface area contributed by atoms with E-state index in [0.29, 0.717) is 6.54 Å². The molecule has 1 rings (SSSR count). The minimum Gasteiger partial charge on any atom is -0.343 e. The standard InChI is InChI=1S/C10H17N3OS/c1-12-5-6-13(2)10(14)9(11)8-4-3-7-15-8/h3-4,7,9,12H,5-6,11H2,1-2H3. The maximum Gasteiger partial charge on any atom is 0.244 e. The van der Waals surface area contributed by atoms with Crippen molar-refractivity contribution in [3.63, 3.8) is 0 Å². The first-order valence-corrected chi connectivity index (χ1v) is 5.73. The minimum absolute atomic E-state index is 0.0345. The summed E-state index contributed by atoms with van der Waals surface area (Å²) in [5, 5.41) is 4.92. The van der Waals surface area contributed by atoms with Gasteiger partial charge in [-0.1, -0.05) is 6.07 Å². The van der Waals surface area contributed by atoms with E-state index in [1.165, 1.54) is 11.3 Å². The molecule has 0 saturated heterocycles. The van der Waals surface area contributed by atoms with E-state index in [4.69, 9.17) is 5.73 Å². The Bertz CT molecular complexity index is 300. The van der Waals surface area contributed by atoms with Crippen LogP contribution in [0.1, 0.15) is 10.9 Å². The topological polar surface area (TPSA) is 58.4 Å². The van der Waals surface area contributed by atoms with Crippen LogP contribution in [0.25, 0.3) is 0 Å². The summed E-state index contributed by atoms with van der Waals surface area (Å²) in [6.45, 7) is 1.45. The summed E-state index contributed by atoms with van der Waals surface area (Å²) >= 11 is 1.51. The zero-order chi connectivity index (χ0) is 11.3. The first-order valence-electron chi connectivity index (χ1n) is 4.85. The smallest absolute Gasteiger partial charge is 0.244 e. The molecule has 0 bridgehead atoms. The van der Waals surface area contributed by atoms with Crippen molar-refractivity contribution in [3.05, 3.63) is 22.4 Å². The highest BCUT2D eigenvalue weighted by atomic mass is 32.1. The van der Waals surface area contributed by atoms with Crippen LogP contribution in [0.5, 0.6) is 0 Å². The molecule has 1 heterocycles. The lowest BCUT2D eigenvalue weighted by atomic mass is 10.2. The van der Waals surface area contributed by atoms with Crippen molar-refractivity contribution in [1.82, 2.24) is 10.2 Å². The van der Waals surface area contributed by atoms with Crippen LogP contribution < -0.4 is 11.1 Å². The molecule has 1 aromatic heterocycles. The number of hydrogen-bond donors (Lipinski definition) is 2. The number of likely N-dealkylation sites (N-methyl/N-ethyl adjacent to an activating group) is 2. The molecule has 5 heteroatoms. The van der Waals surface area contributed by atoms with Gasteiger partial charge in [0.1, 0.15) is 6.04 Å². The van der Waals surface area contributed by atoms with Gasteiger partial charge in [0.05, 0.1) is 0 Å². The summed E-state index contributed by atoms with van der Waals surface area (Å²) in [5.74, 6) is -0.0345. The Labute approximate surface area is 94.1 Å². The molecule has 0 spiro atoms. The molecule has 1 atom stereocenters. The Morgan fingerprint density at radius 3 is 3.00 bits per heavy atom. The van der Waals surface area contributed by atoms with Crippen molar-refractivity contribution in [2.45, 2.75) is 6.04 Å². The molecule has 0 aliphatic rings. The Kier molecular flexibility index (Phi) is 4.74. The van der Waals surface area contributed by atoms with E-state index in [9.17, 15) is 4.79 Å². The summed E-state index contributed by atoms with van der Waals surface area (Å²) in [4.78, 5) is 14.4. The summed E-state index contributed by atoms with van der Waals surface area (Å²) in [6.07, 6.45) is 0. The van der Waals surface area contributed by atoms with E-state index >= 15 is 0 Å². The van der Waals surface area contributed by atoms with Crippen molar-refractivity contribution in [2.24, 2.45) is 5.73 Å². The molecule has 0 radical (unpaired) electrons. The first kappa shape index (κ1) is 12.2. The SMILES string of the molecule is CNCCN(C)C(=O)C(N)c1cccs1. The highest BCUT2D eigenvalue weighted by molar-refractivity contribution is 7.10. The third-order valence-corrected chi connectivity index (χ3v) is 3.14. The number of carbonyl (C=O) groups is 1. The van der Waals surface area contributed by atoms with Crippen molar-refractivity contribution >= 4 is 17.2 Å². The highest BCUT2D eigenvalue weighted by Crippen LogP contribution is 2.18. The zero-order valence-corrected chi connectivity index (χ0v) is 9.88. The largest absolute Gasteiger partial charge is 0.343 e. The fourth-order valence-electron chi connectivity index (χ4n) is 1.22. The van der Waals surface area contributed by atoms with Gasteiger partial charge in [-0.15, -0.1) is 11.3 Å². The van der Waals surface area contributed by atoms with Crippen LogP contribution in [0.4, 0.5) is 0 Å². The number of nitrogens with one attached hydrogen (secondary N) is 1. The highest BCUT2D eigenvalue weighted by Gasteiger charge is 2.19. The Hall–Kier alpha value is -0.910. The van der Waals surface area contributed by atoms with Crippen LogP contribution in [0.3, 0.4) is 0 Å². The van der Waals surface area contributed by atoms with Crippen molar-refractivity contribution in [2.75, 3.05) is 27.2 Å². The average molecular weight is 227 g/mol. The van der Waals surface area contributed by atoms with Gasteiger partial charge in [-0.2, -0.15) is 0 Å². The average Bonchev–Trinajstić information content (AvgIpc) is 2.77. The van der Waals surface area contributed by atoms with Crippen LogP contribution in [0, 0.1) is 0 Å². The third kappa shape index (κ3) is 3.30. The normalized spacial score (nSPS) is 12.5. The van der Waals surface area contributed by atoms with Crippen LogP contribution in [-0.4, -0.2) is 38.0 Å². The zero-order valence-electron chi connectivity index (χ0n) is 9.06. The van der Waals surface area contributed by atoms with Gasteiger partial charge < -0.3 is 16.0 Å². The lowest BCUT2D eigenvalue weighted by molar-refractivity contribution is -0.131. The summed E-state index contributed by atoms with van der Waals surface area (Å²) < 4.78 is 0. The molecule has 0 aliphatic carbocycles. The second-order valence-electron chi connectivity index (χ2n) is 3.36. The molecular weight excluding hydrogens is 210 g/mol. The Morgan fingerprint density at radius 1 is 1.73 bits per heavy atom. The van der Waals surface area contributed by atoms with E-state index in [2.05, 4.69) is 5.32 Å². The number of nitrogens with two attached hydrogens (primary N) is 1. The maximum atomic E-state index is 11.8. The molecule has 1 aromatic rings. The number of rotatable bonds is 5. The predicted octanol–water partition coefficient (Wildman–Crippen LogP) is 0.426. The maximum absolute atomic E-state index is 11.8. The Morgan fingerprint density at radius 2 is 2.47 bits per heavy atom. The lowest BCUT2D eigenvalue weighted by Gasteiger charge is -2.20. The second kappa shape index (κ2) is 5.85. The van der Waals surface area contributed by atoms with E-state index in [1.807, 2.05) is 24.6 Å². The fraction of sp³-hybridized carbons (Fsp3) is 0.500. The second-order valence-corrected chi connectivity index (χ2v) is 4.34. The summed E-state index contributed by atoms with van der Waals surface area (Å²) in [7, 11) is 3.63. The monoisotopic (exact) mass is 227 g/mol. The van der Waals surface area contributed by atoms with Crippen molar-refractivity contribution < 1.29 is 4.79 Å². The molecular formula is C10H17N3OS. The van der Waals surface area contributed by atoms with Crippen molar-refractivity contribution in [3.8, 4) is 0 Å². The van der Waals surface area contributed by atoms with E-state index in [-0.39, 0.29) is 5.91 Å². The van der Waals surface area contributed by atoms with Gasteiger partial charge in [0, 0.05) is 25.0 Å². The van der Waals surface area contributed by atoms with E-state index in [1.54, 1.807) is 11.9 Å².